The van der Waals surface area contributed by atoms with Crippen LogP contribution in [0.2, 0.25) is 0 Å². The van der Waals surface area contributed by atoms with Crippen LogP contribution < -0.4 is 5.63 Å². The van der Waals surface area contributed by atoms with Crippen LogP contribution in [0.4, 0.5) is 0 Å². The molecule has 0 aliphatic carbocycles. The molecule has 0 saturated heterocycles. The predicted octanol–water partition coefficient (Wildman–Crippen LogP) is 6.09. The van der Waals surface area contributed by atoms with Crippen LogP contribution in [-0.4, -0.2) is 28.5 Å². The summed E-state index contributed by atoms with van der Waals surface area (Å²) in [4.78, 5) is 12.0. The van der Waals surface area contributed by atoms with Crippen LogP contribution in [0.15, 0.2) is 44.2 Å². The Morgan fingerprint density at radius 2 is 1.64 bits per heavy atom. The maximum absolute atomic E-state index is 12.0. The van der Waals surface area contributed by atoms with Gasteiger partial charge in [0, 0.05) is 30.6 Å². The minimum absolute atomic E-state index is 0.0169. The van der Waals surface area contributed by atoms with Crippen LogP contribution in [0.25, 0.3) is 0 Å². The third kappa shape index (κ3) is 9.34. The first-order valence-corrected chi connectivity index (χ1v) is 12.1. The van der Waals surface area contributed by atoms with Gasteiger partial charge < -0.3 is 19.7 Å². The highest BCUT2D eigenvalue weighted by Crippen LogP contribution is 2.31. The number of hydrogen-bond donors (Lipinski definition) is 3. The number of allylic oxidation sites excluding steroid dienone is 4. The molecule has 3 atom stereocenters. The molecule has 0 aliphatic heterocycles. The van der Waals surface area contributed by atoms with Gasteiger partial charge in [0.15, 0.2) is 0 Å². The highest BCUT2D eigenvalue weighted by atomic mass is 16.4. The zero-order chi connectivity index (χ0) is 25.1. The first-order valence-electron chi connectivity index (χ1n) is 12.1. The van der Waals surface area contributed by atoms with E-state index in [4.69, 9.17) is 4.42 Å². The predicted molar refractivity (Wildman–Crippen MR) is 136 cm³/mol. The molecule has 0 spiro atoms. The van der Waals surface area contributed by atoms with Crippen molar-refractivity contribution in [3.8, 4) is 5.75 Å². The van der Waals surface area contributed by atoms with Crippen molar-refractivity contribution in [1.82, 2.24) is 0 Å². The quantitative estimate of drug-likeness (QED) is 0.245. The molecule has 0 aliphatic rings. The van der Waals surface area contributed by atoms with Gasteiger partial charge in [-0.2, -0.15) is 0 Å². The summed E-state index contributed by atoms with van der Waals surface area (Å²) >= 11 is 0. The van der Waals surface area contributed by atoms with Gasteiger partial charge in [0.1, 0.15) is 11.5 Å². The standard InChI is InChI=1S/C28H44O5/c1-8-24(16-29)14-18(2)10-9-11-25(17-30)15-20(4)12-19(3)13-21(5)27-22(6)26(31)23(7)28(32)33-27/h12,14-15,21,24-25,29-31H,8-11,13,16-17H2,1-7H3/b18-14+,19-12?,20-15+/t21-,24+,25-/m1/s1. The number of aliphatic hydroxyl groups excluding tert-OH is 2. The lowest BCUT2D eigenvalue weighted by molar-refractivity contribution is 0.243. The van der Waals surface area contributed by atoms with Crippen molar-refractivity contribution in [3.63, 3.8) is 0 Å². The lowest BCUT2D eigenvalue weighted by Gasteiger charge is -2.15. The summed E-state index contributed by atoms with van der Waals surface area (Å²) in [5.41, 5.74) is 3.91. The topological polar surface area (TPSA) is 90.9 Å². The molecular formula is C28H44O5. The summed E-state index contributed by atoms with van der Waals surface area (Å²) in [6.45, 7) is 13.9. The van der Waals surface area contributed by atoms with Gasteiger partial charge in [-0.25, -0.2) is 4.79 Å². The van der Waals surface area contributed by atoms with E-state index in [1.165, 1.54) is 5.57 Å². The Bertz CT molecular complexity index is 900. The van der Waals surface area contributed by atoms with Gasteiger partial charge in [0.25, 0.3) is 0 Å². The molecule has 1 rings (SSSR count). The minimum Gasteiger partial charge on any atom is -0.507 e. The van der Waals surface area contributed by atoms with Gasteiger partial charge in [0.05, 0.1) is 5.56 Å². The Labute approximate surface area is 199 Å². The molecule has 0 fully saturated rings. The number of aliphatic hydroxyl groups is 2. The van der Waals surface area contributed by atoms with Crippen molar-refractivity contribution in [2.75, 3.05) is 13.2 Å². The molecule has 3 N–H and O–H groups in total. The summed E-state index contributed by atoms with van der Waals surface area (Å²) in [5, 5.41) is 29.3. The fourth-order valence-electron chi connectivity index (χ4n) is 4.32. The lowest BCUT2D eigenvalue weighted by Crippen LogP contribution is -2.10. The minimum atomic E-state index is -0.491. The van der Waals surface area contributed by atoms with Crippen molar-refractivity contribution in [1.29, 1.82) is 0 Å². The number of aromatic hydroxyl groups is 1. The van der Waals surface area contributed by atoms with Crippen LogP contribution in [0.3, 0.4) is 0 Å². The molecular weight excluding hydrogens is 416 g/mol. The monoisotopic (exact) mass is 460 g/mol. The molecule has 33 heavy (non-hydrogen) atoms. The van der Waals surface area contributed by atoms with Crippen LogP contribution in [0.5, 0.6) is 5.75 Å². The van der Waals surface area contributed by atoms with E-state index in [2.05, 4.69) is 32.1 Å². The van der Waals surface area contributed by atoms with E-state index in [-0.39, 0.29) is 42.3 Å². The van der Waals surface area contributed by atoms with E-state index in [1.807, 2.05) is 20.8 Å². The molecule has 0 amide bonds. The molecule has 186 valence electrons. The molecule has 1 aromatic rings. The van der Waals surface area contributed by atoms with Gasteiger partial charge in [0.2, 0.25) is 0 Å². The lowest BCUT2D eigenvalue weighted by atomic mass is 9.93. The summed E-state index contributed by atoms with van der Waals surface area (Å²) in [6, 6.07) is 0. The Hall–Kier alpha value is -2.11. The molecule has 1 aromatic heterocycles. The fraction of sp³-hybridized carbons (Fsp3) is 0.607. The summed E-state index contributed by atoms with van der Waals surface area (Å²) < 4.78 is 5.46. The van der Waals surface area contributed by atoms with E-state index in [0.717, 1.165) is 36.8 Å². The summed E-state index contributed by atoms with van der Waals surface area (Å²) in [7, 11) is 0. The fourth-order valence-corrected chi connectivity index (χ4v) is 4.32. The van der Waals surface area contributed by atoms with E-state index in [0.29, 0.717) is 17.7 Å². The molecule has 0 bridgehead atoms. The van der Waals surface area contributed by atoms with Crippen molar-refractivity contribution >= 4 is 0 Å². The molecule has 1 heterocycles. The van der Waals surface area contributed by atoms with Gasteiger partial charge in [-0.3, -0.25) is 0 Å². The normalized spacial score (nSPS) is 16.1. The van der Waals surface area contributed by atoms with Crippen LogP contribution in [-0.2, 0) is 0 Å². The average molecular weight is 461 g/mol. The van der Waals surface area contributed by atoms with Crippen molar-refractivity contribution in [2.45, 2.75) is 86.5 Å². The first-order chi connectivity index (χ1) is 15.5. The van der Waals surface area contributed by atoms with Gasteiger partial charge in [-0.15, -0.1) is 0 Å². The van der Waals surface area contributed by atoms with Crippen molar-refractivity contribution in [2.24, 2.45) is 11.8 Å². The maximum atomic E-state index is 12.0. The number of hydrogen-bond acceptors (Lipinski definition) is 5. The van der Waals surface area contributed by atoms with E-state index < -0.39 is 5.63 Å². The summed E-state index contributed by atoms with van der Waals surface area (Å²) in [5.74, 6) is 0.844. The molecule has 0 aromatic carbocycles. The molecule has 5 nitrogen and oxygen atoms in total. The van der Waals surface area contributed by atoms with Crippen LogP contribution >= 0.6 is 0 Å². The zero-order valence-electron chi connectivity index (χ0n) is 21.6. The molecule has 5 heteroatoms. The second-order valence-electron chi connectivity index (χ2n) is 9.56. The Morgan fingerprint density at radius 3 is 2.21 bits per heavy atom. The highest BCUT2D eigenvalue weighted by Gasteiger charge is 2.18. The van der Waals surface area contributed by atoms with Crippen molar-refractivity contribution < 1.29 is 19.7 Å². The van der Waals surface area contributed by atoms with E-state index >= 15 is 0 Å². The Kier molecular flexibility index (Phi) is 12.5. The van der Waals surface area contributed by atoms with Crippen LogP contribution in [0, 0.1) is 25.7 Å². The number of rotatable bonds is 13. The molecule has 0 unspecified atom stereocenters. The SMILES string of the molecule is CC[C@@H](/C=C(\C)CCC[C@H](/C=C(\C)C=C(C)C[C@@H](C)c1oc(=O)c(C)c(O)c1C)CO)CO. The van der Waals surface area contributed by atoms with E-state index in [9.17, 15) is 20.1 Å². The Morgan fingerprint density at radius 1 is 1.00 bits per heavy atom. The molecule has 0 saturated carbocycles. The first kappa shape index (κ1) is 28.9. The van der Waals surface area contributed by atoms with Gasteiger partial charge >= 0.3 is 5.63 Å². The second-order valence-corrected chi connectivity index (χ2v) is 9.56. The third-order valence-electron chi connectivity index (χ3n) is 6.30. The summed E-state index contributed by atoms with van der Waals surface area (Å²) in [6.07, 6.45) is 10.9. The zero-order valence-corrected chi connectivity index (χ0v) is 21.6. The second kappa shape index (κ2) is 14.2. The molecule has 0 radical (unpaired) electrons. The Balaban J connectivity index is 2.76. The van der Waals surface area contributed by atoms with E-state index in [1.54, 1.807) is 13.8 Å². The largest absolute Gasteiger partial charge is 0.507 e. The highest BCUT2D eigenvalue weighted by molar-refractivity contribution is 5.39. The smallest absolute Gasteiger partial charge is 0.342 e. The van der Waals surface area contributed by atoms with Crippen LogP contribution in [0.1, 0.15) is 89.5 Å². The van der Waals surface area contributed by atoms with Crippen molar-refractivity contribution in [3.05, 3.63) is 62.3 Å². The maximum Gasteiger partial charge on any atom is 0.342 e. The average Bonchev–Trinajstić information content (AvgIpc) is 2.77. The van der Waals surface area contributed by atoms with Gasteiger partial charge in [-0.05, 0) is 72.6 Å². The van der Waals surface area contributed by atoms with Gasteiger partial charge in [-0.1, -0.05) is 48.8 Å². The third-order valence-corrected chi connectivity index (χ3v) is 6.30.